The van der Waals surface area contributed by atoms with Crippen molar-refractivity contribution in [1.29, 1.82) is 0 Å². The van der Waals surface area contributed by atoms with Gasteiger partial charge in [-0.15, -0.1) is 0 Å². The van der Waals surface area contributed by atoms with Gasteiger partial charge in [-0.2, -0.15) is 11.8 Å². The van der Waals surface area contributed by atoms with Crippen LogP contribution in [0.5, 0.6) is 0 Å². The molecule has 1 unspecified atom stereocenters. The highest BCUT2D eigenvalue weighted by Gasteiger charge is 2.21. The number of rotatable bonds is 7. The van der Waals surface area contributed by atoms with Crippen LogP contribution in [0, 0.1) is 5.82 Å². The molecule has 1 rings (SSSR count). The molecule has 1 aromatic rings. The van der Waals surface area contributed by atoms with Crippen molar-refractivity contribution in [2.24, 2.45) is 0 Å². The van der Waals surface area contributed by atoms with Gasteiger partial charge in [0.15, 0.2) is 0 Å². The van der Waals surface area contributed by atoms with E-state index < -0.39 is 27.4 Å². The third-order valence-corrected chi connectivity index (χ3v) is 4.91. The second kappa shape index (κ2) is 7.05. The summed E-state index contributed by atoms with van der Waals surface area (Å²) < 4.78 is 40.0. The summed E-state index contributed by atoms with van der Waals surface area (Å²) in [6, 6.07) is 2.46. The minimum atomic E-state index is -3.86. The van der Waals surface area contributed by atoms with Gasteiger partial charge < -0.3 is 5.11 Å². The molecule has 20 heavy (non-hydrogen) atoms. The van der Waals surface area contributed by atoms with Gasteiger partial charge in [-0.25, -0.2) is 22.3 Å². The lowest BCUT2D eigenvalue weighted by atomic mass is 10.2. The lowest BCUT2D eigenvalue weighted by Gasteiger charge is -2.16. The molecule has 112 valence electrons. The highest BCUT2D eigenvalue weighted by Crippen LogP contribution is 2.16. The molecule has 2 N–H and O–H groups in total. The molecule has 0 saturated heterocycles. The third-order valence-electron chi connectivity index (χ3n) is 2.66. The van der Waals surface area contributed by atoms with Crippen LogP contribution >= 0.6 is 11.8 Å². The van der Waals surface area contributed by atoms with Crippen LogP contribution in [0.4, 0.5) is 4.39 Å². The van der Waals surface area contributed by atoms with E-state index in [1.54, 1.807) is 0 Å². The summed E-state index contributed by atoms with van der Waals surface area (Å²) in [5.74, 6) is -1.87. The Balaban J connectivity index is 3.09. The van der Waals surface area contributed by atoms with E-state index in [-0.39, 0.29) is 10.9 Å². The number of hydrogen-bond acceptors (Lipinski definition) is 4. The summed E-state index contributed by atoms with van der Waals surface area (Å²) in [5.41, 5.74) is -0.661. The first-order valence-electron chi connectivity index (χ1n) is 5.86. The van der Waals surface area contributed by atoms with E-state index >= 15 is 0 Å². The van der Waals surface area contributed by atoms with Gasteiger partial charge in [-0.3, -0.25) is 0 Å². The van der Waals surface area contributed by atoms with Gasteiger partial charge >= 0.3 is 5.97 Å². The van der Waals surface area contributed by atoms with Crippen LogP contribution in [0.1, 0.15) is 23.7 Å². The summed E-state index contributed by atoms with van der Waals surface area (Å²) in [4.78, 5) is 10.6. The Labute approximate surface area is 121 Å². The molecule has 1 aromatic carbocycles. The SMILES string of the molecule is CCC(CSC)NS(=O)(=O)c1ccc(F)c(C(=O)O)c1. The summed E-state index contributed by atoms with van der Waals surface area (Å²) in [6.45, 7) is 1.84. The number of carboxylic acid groups (broad SMARTS) is 1. The molecule has 0 radical (unpaired) electrons. The summed E-state index contributed by atoms with van der Waals surface area (Å²) in [6.07, 6.45) is 2.46. The second-order valence-electron chi connectivity index (χ2n) is 4.13. The Kier molecular flexibility index (Phi) is 5.97. The molecule has 0 amide bonds. The van der Waals surface area contributed by atoms with E-state index in [1.165, 1.54) is 11.8 Å². The van der Waals surface area contributed by atoms with Crippen LogP contribution in [0.15, 0.2) is 23.1 Å². The van der Waals surface area contributed by atoms with Crippen molar-refractivity contribution in [3.63, 3.8) is 0 Å². The molecule has 8 heteroatoms. The molecule has 0 aromatic heterocycles. The number of hydrogen-bond donors (Lipinski definition) is 2. The maximum atomic E-state index is 13.3. The van der Waals surface area contributed by atoms with Crippen LogP contribution < -0.4 is 4.72 Å². The maximum Gasteiger partial charge on any atom is 0.338 e. The number of carboxylic acids is 1. The highest BCUT2D eigenvalue weighted by molar-refractivity contribution is 7.98. The minimum Gasteiger partial charge on any atom is -0.478 e. The van der Waals surface area contributed by atoms with Gasteiger partial charge in [0.25, 0.3) is 0 Å². The number of thioether (sulfide) groups is 1. The predicted octanol–water partition coefficient (Wildman–Crippen LogP) is 1.94. The second-order valence-corrected chi connectivity index (χ2v) is 6.75. The summed E-state index contributed by atoms with van der Waals surface area (Å²) in [7, 11) is -3.86. The lowest BCUT2D eigenvalue weighted by molar-refractivity contribution is 0.0691. The normalized spacial score (nSPS) is 13.2. The highest BCUT2D eigenvalue weighted by atomic mass is 32.2. The van der Waals surface area contributed by atoms with Gasteiger partial charge in [0.05, 0.1) is 10.5 Å². The van der Waals surface area contributed by atoms with Crippen LogP contribution in [0.25, 0.3) is 0 Å². The first-order chi connectivity index (χ1) is 9.31. The average molecular weight is 321 g/mol. The van der Waals surface area contributed by atoms with Gasteiger partial charge in [0.1, 0.15) is 5.82 Å². The van der Waals surface area contributed by atoms with Crippen LogP contribution in [-0.2, 0) is 10.0 Å². The van der Waals surface area contributed by atoms with Gasteiger partial charge in [0, 0.05) is 11.8 Å². The zero-order chi connectivity index (χ0) is 15.3. The zero-order valence-corrected chi connectivity index (χ0v) is 12.7. The van der Waals surface area contributed by atoms with E-state index in [4.69, 9.17) is 5.11 Å². The van der Waals surface area contributed by atoms with E-state index in [9.17, 15) is 17.6 Å². The van der Waals surface area contributed by atoms with Crippen molar-refractivity contribution in [3.05, 3.63) is 29.6 Å². The molecule has 0 aliphatic rings. The smallest absolute Gasteiger partial charge is 0.338 e. The Morgan fingerprint density at radius 1 is 1.50 bits per heavy atom. The Bertz CT molecular complexity index is 589. The zero-order valence-electron chi connectivity index (χ0n) is 11.1. The van der Waals surface area contributed by atoms with Crippen LogP contribution in [0.2, 0.25) is 0 Å². The third kappa shape index (κ3) is 4.19. The summed E-state index contributed by atoms with van der Waals surface area (Å²) >= 11 is 1.50. The quantitative estimate of drug-likeness (QED) is 0.802. The molecule has 0 aliphatic carbocycles. The van der Waals surface area contributed by atoms with Crippen molar-refractivity contribution in [2.75, 3.05) is 12.0 Å². The van der Waals surface area contributed by atoms with Crippen molar-refractivity contribution in [3.8, 4) is 0 Å². The lowest BCUT2D eigenvalue weighted by Crippen LogP contribution is -2.36. The first kappa shape index (κ1) is 16.9. The van der Waals surface area contributed by atoms with Gasteiger partial charge in [-0.1, -0.05) is 6.92 Å². The fourth-order valence-corrected chi connectivity index (χ4v) is 3.73. The number of halogens is 1. The first-order valence-corrected chi connectivity index (χ1v) is 8.73. The number of sulfonamides is 1. The molecule has 0 bridgehead atoms. The van der Waals surface area contributed by atoms with Gasteiger partial charge in [0.2, 0.25) is 10.0 Å². The molecular weight excluding hydrogens is 305 g/mol. The van der Waals surface area contributed by atoms with Crippen molar-refractivity contribution in [2.45, 2.75) is 24.3 Å². The number of nitrogens with one attached hydrogen (secondary N) is 1. The van der Waals surface area contributed by atoms with Crippen molar-refractivity contribution in [1.82, 2.24) is 4.72 Å². The molecule has 0 saturated carbocycles. The van der Waals surface area contributed by atoms with Crippen molar-refractivity contribution >= 4 is 27.8 Å². The molecule has 5 nitrogen and oxygen atoms in total. The Morgan fingerprint density at radius 3 is 2.65 bits per heavy atom. The maximum absolute atomic E-state index is 13.3. The molecule has 0 aliphatic heterocycles. The van der Waals surface area contributed by atoms with E-state index in [0.717, 1.165) is 18.2 Å². The van der Waals surface area contributed by atoms with E-state index in [2.05, 4.69) is 4.72 Å². The number of benzene rings is 1. The summed E-state index contributed by atoms with van der Waals surface area (Å²) in [5, 5.41) is 8.81. The molecular formula is C12H16FNO4S2. The van der Waals surface area contributed by atoms with Crippen molar-refractivity contribution < 1.29 is 22.7 Å². The standard InChI is InChI=1S/C12H16FNO4S2/c1-3-8(7-19-2)14-20(17,18)9-4-5-11(13)10(6-9)12(15)16/h4-6,8,14H,3,7H2,1-2H3,(H,15,16). The molecule has 0 spiro atoms. The topological polar surface area (TPSA) is 83.5 Å². The number of aromatic carboxylic acids is 1. The largest absolute Gasteiger partial charge is 0.478 e. The molecule has 1 atom stereocenters. The van der Waals surface area contributed by atoms with Gasteiger partial charge in [-0.05, 0) is 30.9 Å². The number of carbonyl (C=O) groups is 1. The van der Waals surface area contributed by atoms with Crippen LogP contribution in [0.3, 0.4) is 0 Å². The molecule has 0 fully saturated rings. The van der Waals surface area contributed by atoms with E-state index in [0.29, 0.717) is 12.2 Å². The molecule has 0 heterocycles. The fourth-order valence-electron chi connectivity index (χ4n) is 1.56. The fraction of sp³-hybridized carbons (Fsp3) is 0.417. The monoisotopic (exact) mass is 321 g/mol. The van der Waals surface area contributed by atoms with Crippen LogP contribution in [-0.4, -0.2) is 37.5 Å². The average Bonchev–Trinajstić information content (AvgIpc) is 2.37. The van der Waals surface area contributed by atoms with E-state index in [1.807, 2.05) is 13.2 Å². The predicted molar refractivity (Wildman–Crippen MR) is 76.1 cm³/mol. The Hall–Kier alpha value is -1.12. The minimum absolute atomic E-state index is 0.254. The Morgan fingerprint density at radius 2 is 2.15 bits per heavy atom.